The number of pyridine rings is 1. The number of ether oxygens (including phenoxy) is 1. The van der Waals surface area contributed by atoms with Crippen LogP contribution in [0.3, 0.4) is 0 Å². The van der Waals surface area contributed by atoms with Gasteiger partial charge in [-0.05, 0) is 24.3 Å². The number of halogens is 2. The zero-order valence-electron chi connectivity index (χ0n) is 9.94. The van der Waals surface area contributed by atoms with Crippen molar-refractivity contribution in [2.24, 2.45) is 0 Å². The SMILES string of the molecule is COc1cc(Br)ccc1C(Br)Cc1ccccn1. The summed E-state index contributed by atoms with van der Waals surface area (Å²) in [5, 5.41) is 0. The van der Waals surface area contributed by atoms with Crippen molar-refractivity contribution in [3.63, 3.8) is 0 Å². The summed E-state index contributed by atoms with van der Waals surface area (Å²) in [7, 11) is 1.69. The molecule has 1 heterocycles. The molecule has 0 aliphatic heterocycles. The molecule has 2 rings (SSSR count). The number of hydrogen-bond acceptors (Lipinski definition) is 2. The van der Waals surface area contributed by atoms with Gasteiger partial charge in [0.25, 0.3) is 0 Å². The van der Waals surface area contributed by atoms with E-state index in [0.29, 0.717) is 0 Å². The summed E-state index contributed by atoms with van der Waals surface area (Å²) >= 11 is 7.15. The van der Waals surface area contributed by atoms with Gasteiger partial charge in [0.1, 0.15) is 5.75 Å². The van der Waals surface area contributed by atoms with Crippen molar-refractivity contribution in [2.45, 2.75) is 11.2 Å². The molecule has 94 valence electrons. The van der Waals surface area contributed by atoms with Gasteiger partial charge in [-0.2, -0.15) is 0 Å². The molecule has 18 heavy (non-hydrogen) atoms. The first-order valence-electron chi connectivity index (χ1n) is 5.58. The molecule has 1 unspecified atom stereocenters. The third kappa shape index (κ3) is 3.33. The molecule has 0 saturated carbocycles. The van der Waals surface area contributed by atoms with Crippen LogP contribution < -0.4 is 4.74 Å². The van der Waals surface area contributed by atoms with Crippen LogP contribution in [0.4, 0.5) is 0 Å². The minimum atomic E-state index is 0.190. The molecule has 0 fully saturated rings. The number of benzene rings is 1. The Labute approximate surface area is 124 Å². The van der Waals surface area contributed by atoms with Crippen LogP contribution >= 0.6 is 31.9 Å². The molecular weight excluding hydrogens is 358 g/mol. The number of hydrogen-bond donors (Lipinski definition) is 0. The molecule has 4 heteroatoms. The second kappa shape index (κ2) is 6.34. The zero-order chi connectivity index (χ0) is 13.0. The van der Waals surface area contributed by atoms with Crippen molar-refractivity contribution in [1.82, 2.24) is 4.98 Å². The van der Waals surface area contributed by atoms with Crippen LogP contribution in [-0.4, -0.2) is 12.1 Å². The van der Waals surface area contributed by atoms with Crippen molar-refractivity contribution in [1.29, 1.82) is 0 Å². The summed E-state index contributed by atoms with van der Waals surface area (Å²) in [5.41, 5.74) is 2.19. The van der Waals surface area contributed by atoms with E-state index in [1.165, 1.54) is 0 Å². The molecule has 0 radical (unpaired) electrons. The Bertz CT molecular complexity index is 516. The highest BCUT2D eigenvalue weighted by Gasteiger charge is 2.14. The second-order valence-electron chi connectivity index (χ2n) is 3.88. The lowest BCUT2D eigenvalue weighted by molar-refractivity contribution is 0.409. The van der Waals surface area contributed by atoms with E-state index in [9.17, 15) is 0 Å². The highest BCUT2D eigenvalue weighted by atomic mass is 79.9. The number of alkyl halides is 1. The molecular formula is C14H13Br2NO. The van der Waals surface area contributed by atoms with Crippen LogP contribution in [0.5, 0.6) is 5.75 Å². The van der Waals surface area contributed by atoms with Crippen LogP contribution in [0.25, 0.3) is 0 Å². The fraction of sp³-hybridized carbons (Fsp3) is 0.214. The van der Waals surface area contributed by atoms with Gasteiger partial charge in [0.2, 0.25) is 0 Å². The van der Waals surface area contributed by atoms with Gasteiger partial charge < -0.3 is 4.74 Å². The molecule has 0 aliphatic carbocycles. The van der Waals surface area contributed by atoms with Crippen LogP contribution in [-0.2, 0) is 6.42 Å². The van der Waals surface area contributed by atoms with E-state index in [4.69, 9.17) is 4.74 Å². The van der Waals surface area contributed by atoms with E-state index in [1.54, 1.807) is 7.11 Å². The first-order valence-corrected chi connectivity index (χ1v) is 7.29. The van der Waals surface area contributed by atoms with Gasteiger partial charge in [-0.3, -0.25) is 4.98 Å². The highest BCUT2D eigenvalue weighted by Crippen LogP contribution is 2.35. The molecule has 0 saturated heterocycles. The van der Waals surface area contributed by atoms with Crippen molar-refractivity contribution in [2.75, 3.05) is 7.11 Å². The normalized spacial score (nSPS) is 12.2. The third-order valence-corrected chi connectivity index (χ3v) is 3.96. The Morgan fingerprint density at radius 1 is 1.28 bits per heavy atom. The van der Waals surface area contributed by atoms with Crippen LogP contribution in [0.15, 0.2) is 47.1 Å². The van der Waals surface area contributed by atoms with E-state index in [-0.39, 0.29) is 4.83 Å². The molecule has 1 atom stereocenters. The van der Waals surface area contributed by atoms with E-state index < -0.39 is 0 Å². The Morgan fingerprint density at radius 2 is 2.11 bits per heavy atom. The number of nitrogens with zero attached hydrogens (tertiary/aromatic N) is 1. The van der Waals surface area contributed by atoms with Gasteiger partial charge in [0.05, 0.1) is 7.11 Å². The van der Waals surface area contributed by atoms with E-state index in [0.717, 1.165) is 27.9 Å². The lowest BCUT2D eigenvalue weighted by atomic mass is 10.1. The summed E-state index contributed by atoms with van der Waals surface area (Å²) in [6, 6.07) is 12.0. The summed E-state index contributed by atoms with van der Waals surface area (Å²) in [5.74, 6) is 0.877. The van der Waals surface area contributed by atoms with Crippen LogP contribution in [0.1, 0.15) is 16.1 Å². The predicted octanol–water partition coefficient (Wildman–Crippen LogP) is 4.53. The molecule has 0 spiro atoms. The Kier molecular flexibility index (Phi) is 4.78. The van der Waals surface area contributed by atoms with Crippen molar-refractivity contribution in [3.8, 4) is 5.75 Å². The van der Waals surface area contributed by atoms with Gasteiger partial charge in [-0.15, -0.1) is 0 Å². The third-order valence-electron chi connectivity index (χ3n) is 2.65. The van der Waals surface area contributed by atoms with Crippen LogP contribution in [0, 0.1) is 0 Å². The standard InChI is InChI=1S/C14H13Br2NO/c1-18-14-8-10(15)5-6-12(14)13(16)9-11-4-2-3-7-17-11/h2-8,13H,9H2,1H3. The summed E-state index contributed by atoms with van der Waals surface area (Å²) in [4.78, 5) is 4.53. The lowest BCUT2D eigenvalue weighted by Gasteiger charge is -2.14. The summed E-state index contributed by atoms with van der Waals surface area (Å²) in [6.07, 6.45) is 2.65. The summed E-state index contributed by atoms with van der Waals surface area (Å²) < 4.78 is 6.42. The minimum absolute atomic E-state index is 0.190. The smallest absolute Gasteiger partial charge is 0.124 e. The van der Waals surface area contributed by atoms with Crippen molar-refractivity contribution in [3.05, 3.63) is 58.3 Å². The Balaban J connectivity index is 2.21. The maximum absolute atomic E-state index is 5.40. The topological polar surface area (TPSA) is 22.1 Å². The minimum Gasteiger partial charge on any atom is -0.496 e. The van der Waals surface area contributed by atoms with E-state index in [1.807, 2.05) is 36.5 Å². The first-order chi connectivity index (χ1) is 8.70. The van der Waals surface area contributed by atoms with Crippen LogP contribution in [0.2, 0.25) is 0 Å². The zero-order valence-corrected chi connectivity index (χ0v) is 13.1. The average Bonchev–Trinajstić information content (AvgIpc) is 2.39. The largest absolute Gasteiger partial charge is 0.496 e. The Hall–Kier alpha value is -0.870. The van der Waals surface area contributed by atoms with Gasteiger partial charge >= 0.3 is 0 Å². The maximum atomic E-state index is 5.40. The molecule has 2 nitrogen and oxygen atoms in total. The van der Waals surface area contributed by atoms with E-state index >= 15 is 0 Å². The quantitative estimate of drug-likeness (QED) is 0.737. The molecule has 0 amide bonds. The molecule has 1 aromatic carbocycles. The van der Waals surface area contributed by atoms with Gasteiger partial charge in [-0.25, -0.2) is 0 Å². The lowest BCUT2D eigenvalue weighted by Crippen LogP contribution is -2.00. The van der Waals surface area contributed by atoms with Gasteiger partial charge in [0, 0.05) is 33.2 Å². The fourth-order valence-electron chi connectivity index (χ4n) is 1.76. The Morgan fingerprint density at radius 3 is 2.78 bits per heavy atom. The average molecular weight is 371 g/mol. The monoisotopic (exact) mass is 369 g/mol. The number of methoxy groups -OCH3 is 1. The van der Waals surface area contributed by atoms with Gasteiger partial charge in [-0.1, -0.05) is 44.0 Å². The molecule has 2 aromatic rings. The summed E-state index contributed by atoms with van der Waals surface area (Å²) in [6.45, 7) is 0. The maximum Gasteiger partial charge on any atom is 0.124 e. The molecule has 0 aliphatic rings. The second-order valence-corrected chi connectivity index (χ2v) is 5.90. The predicted molar refractivity (Wildman–Crippen MR) is 80.3 cm³/mol. The van der Waals surface area contributed by atoms with Gasteiger partial charge in [0.15, 0.2) is 0 Å². The van der Waals surface area contributed by atoms with Crippen molar-refractivity contribution >= 4 is 31.9 Å². The molecule has 0 bridgehead atoms. The van der Waals surface area contributed by atoms with Crippen molar-refractivity contribution < 1.29 is 4.74 Å². The fourth-order valence-corrected chi connectivity index (χ4v) is 2.81. The van der Waals surface area contributed by atoms with E-state index in [2.05, 4.69) is 42.9 Å². The highest BCUT2D eigenvalue weighted by molar-refractivity contribution is 9.10. The molecule has 0 N–H and O–H groups in total. The molecule has 1 aromatic heterocycles. The number of aromatic nitrogens is 1. The number of rotatable bonds is 4. The first kappa shape index (κ1) is 13.6.